The van der Waals surface area contributed by atoms with Crippen LogP contribution >= 0.6 is 39.1 Å². The van der Waals surface area contributed by atoms with Gasteiger partial charge in [-0.1, -0.05) is 29.8 Å². The number of alkyl halides is 4. The number of benzene rings is 2. The minimum absolute atomic E-state index is 0.354. The predicted molar refractivity (Wildman–Crippen MR) is 82.9 cm³/mol. The molecule has 0 aromatic heterocycles. The van der Waals surface area contributed by atoms with Gasteiger partial charge in [0.2, 0.25) is 0 Å². The first-order valence-corrected chi connectivity index (χ1v) is 7.63. The normalized spacial score (nSPS) is 13.2. The summed E-state index contributed by atoms with van der Waals surface area (Å²) < 4.78 is 38.2. The molecule has 0 fully saturated rings. The molecule has 0 spiro atoms. The van der Waals surface area contributed by atoms with Gasteiger partial charge in [0, 0.05) is 4.47 Å². The van der Waals surface area contributed by atoms with Gasteiger partial charge in [-0.2, -0.15) is 13.2 Å². The van der Waals surface area contributed by atoms with Crippen LogP contribution in [0.2, 0.25) is 5.02 Å². The number of hydrogen-bond acceptors (Lipinski definition) is 0. The Morgan fingerprint density at radius 2 is 1.67 bits per heavy atom. The predicted octanol–water partition coefficient (Wildman–Crippen LogP) is 6.64. The average molecular weight is 398 g/mol. The summed E-state index contributed by atoms with van der Waals surface area (Å²) in [6, 6.07) is 10.4. The van der Waals surface area contributed by atoms with Crippen molar-refractivity contribution in [1.29, 1.82) is 0 Å². The monoisotopic (exact) mass is 396 g/mol. The third kappa shape index (κ3) is 4.38. The Morgan fingerprint density at radius 1 is 1.05 bits per heavy atom. The Balaban J connectivity index is 2.12. The van der Waals surface area contributed by atoms with Crippen molar-refractivity contribution >= 4 is 39.1 Å². The molecule has 0 saturated carbocycles. The molecule has 0 radical (unpaired) electrons. The van der Waals surface area contributed by atoms with Crippen LogP contribution in [0.4, 0.5) is 13.2 Å². The lowest BCUT2D eigenvalue weighted by Crippen LogP contribution is -2.05. The summed E-state index contributed by atoms with van der Waals surface area (Å²) in [6.45, 7) is 0. The van der Waals surface area contributed by atoms with E-state index in [1.54, 1.807) is 12.1 Å². The molecule has 2 aromatic carbocycles. The van der Waals surface area contributed by atoms with E-state index in [9.17, 15) is 13.2 Å². The van der Waals surface area contributed by atoms with Crippen LogP contribution < -0.4 is 0 Å². The van der Waals surface area contributed by atoms with Gasteiger partial charge in [0.15, 0.2) is 0 Å². The molecule has 1 unspecified atom stereocenters. The minimum Gasteiger partial charge on any atom is -0.166 e. The summed E-state index contributed by atoms with van der Waals surface area (Å²) in [5, 5.41) is 0.193. The molecule has 0 bridgehead atoms. The first-order chi connectivity index (χ1) is 9.77. The van der Waals surface area contributed by atoms with Crippen molar-refractivity contribution in [3.8, 4) is 0 Å². The molecule has 2 rings (SSSR count). The number of rotatable bonds is 3. The van der Waals surface area contributed by atoms with Crippen molar-refractivity contribution in [2.24, 2.45) is 0 Å². The van der Waals surface area contributed by atoms with Crippen molar-refractivity contribution in [1.82, 2.24) is 0 Å². The zero-order valence-electron chi connectivity index (χ0n) is 10.6. The standard InChI is InChI=1S/C15H10BrCl2F3/c16-12-6-3-10(8-14(12)18)13(17)7-9-1-4-11(5-2-9)15(19,20)21/h1-6,8,13H,7H2. The molecule has 0 aliphatic rings. The van der Waals surface area contributed by atoms with Crippen LogP contribution in [0.25, 0.3) is 0 Å². The lowest BCUT2D eigenvalue weighted by Gasteiger charge is -2.12. The van der Waals surface area contributed by atoms with Crippen molar-refractivity contribution in [3.05, 3.63) is 68.7 Å². The highest BCUT2D eigenvalue weighted by Crippen LogP contribution is 2.32. The van der Waals surface area contributed by atoms with Crippen LogP contribution in [-0.2, 0) is 12.6 Å². The molecule has 0 N–H and O–H groups in total. The maximum absolute atomic E-state index is 12.5. The van der Waals surface area contributed by atoms with Gasteiger partial charge in [0.25, 0.3) is 0 Å². The van der Waals surface area contributed by atoms with Crippen molar-refractivity contribution in [3.63, 3.8) is 0 Å². The van der Waals surface area contributed by atoms with Crippen molar-refractivity contribution < 1.29 is 13.2 Å². The van der Waals surface area contributed by atoms with Gasteiger partial charge in [-0.25, -0.2) is 0 Å². The molecule has 1 atom stereocenters. The number of hydrogen-bond donors (Lipinski definition) is 0. The Morgan fingerprint density at radius 3 is 2.19 bits per heavy atom. The molecule has 0 nitrogen and oxygen atoms in total. The summed E-state index contributed by atoms with van der Waals surface area (Å²) in [5.41, 5.74) is 0.899. The molecule has 112 valence electrons. The Labute approximate surface area is 139 Å². The van der Waals surface area contributed by atoms with E-state index in [4.69, 9.17) is 23.2 Å². The van der Waals surface area contributed by atoms with Crippen molar-refractivity contribution in [2.75, 3.05) is 0 Å². The summed E-state index contributed by atoms with van der Waals surface area (Å²) in [5.74, 6) is 0. The molecule has 0 aliphatic heterocycles. The second-order valence-electron chi connectivity index (χ2n) is 4.54. The molecule has 2 aromatic rings. The summed E-state index contributed by atoms with van der Waals surface area (Å²) in [6.07, 6.45) is -3.89. The Kier molecular flexibility index (Phi) is 5.23. The second kappa shape index (κ2) is 6.59. The highest BCUT2D eigenvalue weighted by molar-refractivity contribution is 9.10. The van der Waals surface area contributed by atoms with Gasteiger partial charge in [-0.3, -0.25) is 0 Å². The van der Waals surface area contributed by atoms with E-state index in [-0.39, 0.29) is 5.38 Å². The van der Waals surface area contributed by atoms with Gasteiger partial charge in [0.05, 0.1) is 16.0 Å². The quantitative estimate of drug-likeness (QED) is 0.509. The zero-order valence-corrected chi connectivity index (χ0v) is 13.7. The van der Waals surface area contributed by atoms with Gasteiger partial charge < -0.3 is 0 Å². The van der Waals surface area contributed by atoms with E-state index < -0.39 is 11.7 Å². The molecule has 0 heterocycles. The van der Waals surface area contributed by atoms with E-state index in [0.29, 0.717) is 11.4 Å². The molecule has 6 heteroatoms. The minimum atomic E-state index is -4.32. The highest BCUT2D eigenvalue weighted by Gasteiger charge is 2.29. The van der Waals surface area contributed by atoms with Gasteiger partial charge >= 0.3 is 6.18 Å². The van der Waals surface area contributed by atoms with E-state index >= 15 is 0 Å². The smallest absolute Gasteiger partial charge is 0.166 e. The first-order valence-electron chi connectivity index (χ1n) is 6.02. The summed E-state index contributed by atoms with van der Waals surface area (Å²) >= 11 is 15.6. The van der Waals surface area contributed by atoms with Crippen molar-refractivity contribution in [2.45, 2.75) is 18.0 Å². The van der Waals surface area contributed by atoms with Crippen LogP contribution in [-0.4, -0.2) is 0 Å². The van der Waals surface area contributed by atoms with Crippen LogP contribution in [0, 0.1) is 0 Å². The molecule has 21 heavy (non-hydrogen) atoms. The molecule has 0 saturated heterocycles. The third-order valence-corrected chi connectivity index (χ3v) is 4.64. The van der Waals surface area contributed by atoms with Gasteiger partial charge in [-0.05, 0) is 57.7 Å². The highest BCUT2D eigenvalue weighted by atomic mass is 79.9. The molecular formula is C15H10BrCl2F3. The van der Waals surface area contributed by atoms with E-state index in [0.717, 1.165) is 27.7 Å². The third-order valence-electron chi connectivity index (χ3n) is 3.00. The van der Waals surface area contributed by atoms with E-state index in [2.05, 4.69) is 15.9 Å². The second-order valence-corrected chi connectivity index (χ2v) is 6.33. The lowest BCUT2D eigenvalue weighted by atomic mass is 10.0. The van der Waals surface area contributed by atoms with Crippen LogP contribution in [0.15, 0.2) is 46.9 Å². The maximum Gasteiger partial charge on any atom is 0.416 e. The topological polar surface area (TPSA) is 0 Å². The summed E-state index contributed by atoms with van der Waals surface area (Å²) in [4.78, 5) is 0. The summed E-state index contributed by atoms with van der Waals surface area (Å²) in [7, 11) is 0. The fraction of sp³-hybridized carbons (Fsp3) is 0.200. The largest absolute Gasteiger partial charge is 0.416 e. The van der Waals surface area contributed by atoms with Gasteiger partial charge in [-0.15, -0.1) is 11.6 Å². The van der Waals surface area contributed by atoms with Crippen LogP contribution in [0.5, 0.6) is 0 Å². The van der Waals surface area contributed by atoms with Gasteiger partial charge in [0.1, 0.15) is 0 Å². The zero-order chi connectivity index (χ0) is 15.6. The fourth-order valence-electron chi connectivity index (χ4n) is 1.86. The molecular weight excluding hydrogens is 388 g/mol. The van der Waals surface area contributed by atoms with E-state index in [1.807, 2.05) is 6.07 Å². The SMILES string of the molecule is FC(F)(F)c1ccc(CC(Cl)c2ccc(Br)c(Cl)c2)cc1. The fourth-order valence-corrected chi connectivity index (χ4v) is 2.61. The van der Waals surface area contributed by atoms with Crippen LogP contribution in [0.3, 0.4) is 0 Å². The van der Waals surface area contributed by atoms with Crippen LogP contribution in [0.1, 0.15) is 22.1 Å². The Bertz CT molecular complexity index is 624. The average Bonchev–Trinajstić information content (AvgIpc) is 2.41. The molecule has 0 aliphatic carbocycles. The first kappa shape index (κ1) is 16.7. The number of halogens is 6. The molecule has 0 amide bonds. The van der Waals surface area contributed by atoms with E-state index in [1.165, 1.54) is 12.1 Å². The Hall–Kier alpha value is -0.710. The lowest BCUT2D eigenvalue weighted by molar-refractivity contribution is -0.137. The maximum atomic E-state index is 12.5.